The highest BCUT2D eigenvalue weighted by Gasteiger charge is 2.21. The molecule has 0 aliphatic carbocycles. The zero-order valence-electron chi connectivity index (χ0n) is 14.8. The minimum Gasteiger partial charge on any atom is -0.368 e. The first-order chi connectivity index (χ1) is 12.9. The summed E-state index contributed by atoms with van der Waals surface area (Å²) in [5, 5.41) is 5.12. The zero-order chi connectivity index (χ0) is 19.8. The van der Waals surface area contributed by atoms with Crippen molar-refractivity contribution < 1.29 is 18.6 Å². The van der Waals surface area contributed by atoms with Crippen LogP contribution >= 0.6 is 0 Å². The number of carbonyl (C=O) groups excluding carboxylic acids is 3. The van der Waals surface area contributed by atoms with Crippen LogP contribution in [0, 0.1) is 0 Å². The maximum Gasteiger partial charge on any atom is 0.254 e. The number of amides is 3. The summed E-state index contributed by atoms with van der Waals surface area (Å²) in [5.41, 5.74) is 5.93. The Hall–Kier alpha value is -3.00. The second-order valence-corrected chi connectivity index (χ2v) is 7.38. The van der Waals surface area contributed by atoms with Crippen molar-refractivity contribution in [1.82, 2.24) is 5.32 Å². The molecule has 0 aliphatic heterocycles. The number of hydrogen-bond acceptors (Lipinski definition) is 4. The summed E-state index contributed by atoms with van der Waals surface area (Å²) in [5.74, 6) is -1.41. The highest BCUT2D eigenvalue weighted by atomic mass is 32.2. The highest BCUT2D eigenvalue weighted by Crippen LogP contribution is 2.15. The number of anilines is 1. The van der Waals surface area contributed by atoms with Gasteiger partial charge in [0.15, 0.2) is 0 Å². The van der Waals surface area contributed by atoms with E-state index in [9.17, 15) is 18.6 Å². The van der Waals surface area contributed by atoms with Crippen molar-refractivity contribution in [3.8, 4) is 0 Å². The molecule has 27 heavy (non-hydrogen) atoms. The molecule has 2 aromatic carbocycles. The lowest BCUT2D eigenvalue weighted by molar-refractivity contribution is -0.120. The molecule has 0 spiro atoms. The van der Waals surface area contributed by atoms with Gasteiger partial charge in [0, 0.05) is 17.6 Å². The van der Waals surface area contributed by atoms with Crippen LogP contribution in [0.4, 0.5) is 5.69 Å². The van der Waals surface area contributed by atoms with Crippen molar-refractivity contribution in [3.63, 3.8) is 0 Å². The lowest BCUT2D eigenvalue weighted by atomic mass is 10.1. The number of nitrogens with one attached hydrogen (secondary N) is 2. The summed E-state index contributed by atoms with van der Waals surface area (Å²) in [7, 11) is -1.31. The molecule has 0 bridgehead atoms. The Kier molecular flexibility index (Phi) is 7.25. The van der Waals surface area contributed by atoms with E-state index in [0.717, 1.165) is 0 Å². The number of para-hydroxylation sites is 1. The minimum atomic E-state index is -1.31. The Balaban J connectivity index is 2.06. The Morgan fingerprint density at radius 1 is 1.04 bits per heavy atom. The van der Waals surface area contributed by atoms with Gasteiger partial charge in [0.2, 0.25) is 11.8 Å². The van der Waals surface area contributed by atoms with Crippen LogP contribution in [0.5, 0.6) is 0 Å². The van der Waals surface area contributed by atoms with Crippen molar-refractivity contribution in [1.29, 1.82) is 0 Å². The molecule has 0 fully saturated rings. The molecule has 0 aliphatic rings. The fourth-order valence-electron chi connectivity index (χ4n) is 2.42. The minimum absolute atomic E-state index is 0.130. The van der Waals surface area contributed by atoms with E-state index >= 15 is 0 Å². The van der Waals surface area contributed by atoms with Crippen molar-refractivity contribution in [2.45, 2.75) is 24.3 Å². The molecule has 2 rings (SSSR count). The van der Waals surface area contributed by atoms with Gasteiger partial charge < -0.3 is 16.4 Å². The van der Waals surface area contributed by atoms with Gasteiger partial charge >= 0.3 is 0 Å². The zero-order valence-corrected chi connectivity index (χ0v) is 15.6. The molecule has 2 aromatic rings. The van der Waals surface area contributed by atoms with Crippen molar-refractivity contribution >= 4 is 34.2 Å². The summed E-state index contributed by atoms with van der Waals surface area (Å²) < 4.78 is 12.3. The third-order valence-electron chi connectivity index (χ3n) is 3.73. The molecule has 4 N–H and O–H groups in total. The first-order valence-corrected chi connectivity index (χ1v) is 9.60. The Morgan fingerprint density at radius 2 is 1.67 bits per heavy atom. The molecule has 0 saturated carbocycles. The topological polar surface area (TPSA) is 118 Å². The normalized spacial score (nSPS) is 12.6. The summed E-state index contributed by atoms with van der Waals surface area (Å²) in [6.07, 6.45) is 0.130. The Bertz CT molecular complexity index is 855. The molecule has 0 heterocycles. The largest absolute Gasteiger partial charge is 0.368 e. The van der Waals surface area contributed by atoms with E-state index in [-0.39, 0.29) is 23.6 Å². The van der Waals surface area contributed by atoms with Gasteiger partial charge in [-0.25, -0.2) is 0 Å². The Labute approximate surface area is 159 Å². The maximum atomic E-state index is 12.5. The van der Waals surface area contributed by atoms with Gasteiger partial charge in [-0.1, -0.05) is 30.3 Å². The number of carbonyl (C=O) groups is 3. The average molecular weight is 387 g/mol. The molecule has 142 valence electrons. The average Bonchev–Trinajstić information content (AvgIpc) is 2.65. The van der Waals surface area contributed by atoms with E-state index in [0.29, 0.717) is 10.6 Å². The van der Waals surface area contributed by atoms with E-state index < -0.39 is 28.7 Å². The van der Waals surface area contributed by atoms with Crippen LogP contribution < -0.4 is 16.4 Å². The molecular formula is C19H21N3O4S. The third kappa shape index (κ3) is 6.03. The van der Waals surface area contributed by atoms with Gasteiger partial charge in [0.1, 0.15) is 6.04 Å². The first kappa shape index (κ1) is 20.3. The van der Waals surface area contributed by atoms with E-state index in [1.807, 2.05) is 6.07 Å². The van der Waals surface area contributed by atoms with Gasteiger partial charge in [-0.2, -0.15) is 0 Å². The van der Waals surface area contributed by atoms with Crippen molar-refractivity contribution in [2.75, 3.05) is 11.1 Å². The number of hydrogen-bond donors (Lipinski definition) is 3. The van der Waals surface area contributed by atoms with Crippen LogP contribution in [0.2, 0.25) is 0 Å². The van der Waals surface area contributed by atoms with E-state index in [2.05, 4.69) is 10.6 Å². The van der Waals surface area contributed by atoms with Crippen molar-refractivity contribution in [2.24, 2.45) is 5.73 Å². The van der Waals surface area contributed by atoms with Gasteiger partial charge in [-0.15, -0.1) is 0 Å². The molecule has 3 amide bonds. The predicted molar refractivity (Wildman–Crippen MR) is 104 cm³/mol. The first-order valence-electron chi connectivity index (χ1n) is 8.28. The van der Waals surface area contributed by atoms with Crippen LogP contribution in [-0.4, -0.2) is 33.7 Å². The number of primary amides is 1. The predicted octanol–water partition coefficient (Wildman–Crippen LogP) is 1.43. The fraction of sp³-hybridized carbons (Fsp3) is 0.211. The number of benzene rings is 2. The Morgan fingerprint density at radius 3 is 2.30 bits per heavy atom. The monoisotopic (exact) mass is 387 g/mol. The number of rotatable bonds is 8. The molecular weight excluding hydrogens is 366 g/mol. The quantitative estimate of drug-likeness (QED) is 0.635. The van der Waals surface area contributed by atoms with Crippen LogP contribution in [0.15, 0.2) is 59.5 Å². The van der Waals surface area contributed by atoms with Crippen LogP contribution in [-0.2, 0) is 20.4 Å². The maximum absolute atomic E-state index is 12.5. The van der Waals surface area contributed by atoms with Crippen LogP contribution in [0.3, 0.4) is 0 Å². The molecule has 8 heteroatoms. The standard InChI is InChI=1S/C19H21N3O4S/c1-13(23)21-16-10-6-5-9-15(16)19(25)22-17(18(20)24)11-12-27(26)14-7-3-2-4-8-14/h2-10,17H,11-12H2,1H3,(H2,20,24)(H,21,23)(H,22,25)/t17-,27-/m0/s1. The molecule has 0 unspecified atom stereocenters. The van der Waals surface area contributed by atoms with Gasteiger partial charge in [0.05, 0.1) is 22.1 Å². The summed E-state index contributed by atoms with van der Waals surface area (Å²) in [6, 6.07) is 14.3. The molecule has 2 atom stereocenters. The lowest BCUT2D eigenvalue weighted by Crippen LogP contribution is -2.45. The van der Waals surface area contributed by atoms with Gasteiger partial charge in [-0.05, 0) is 30.7 Å². The molecule has 7 nitrogen and oxygen atoms in total. The van der Waals surface area contributed by atoms with Crippen LogP contribution in [0.25, 0.3) is 0 Å². The molecule has 0 radical (unpaired) electrons. The highest BCUT2D eigenvalue weighted by molar-refractivity contribution is 7.85. The smallest absolute Gasteiger partial charge is 0.254 e. The second kappa shape index (κ2) is 9.63. The summed E-state index contributed by atoms with van der Waals surface area (Å²) in [6.45, 7) is 1.33. The lowest BCUT2D eigenvalue weighted by Gasteiger charge is -2.17. The van der Waals surface area contributed by atoms with Gasteiger partial charge in [-0.3, -0.25) is 18.6 Å². The molecule has 0 saturated heterocycles. The summed E-state index contributed by atoms with van der Waals surface area (Å²) in [4.78, 5) is 36.2. The van der Waals surface area contributed by atoms with E-state index in [1.54, 1.807) is 42.5 Å². The SMILES string of the molecule is CC(=O)Nc1ccccc1C(=O)N[C@@H](CC[S@](=O)c1ccccc1)C(N)=O. The third-order valence-corrected chi connectivity index (χ3v) is 5.13. The number of nitrogens with two attached hydrogens (primary N) is 1. The van der Waals surface area contributed by atoms with E-state index in [4.69, 9.17) is 5.73 Å². The van der Waals surface area contributed by atoms with Crippen LogP contribution in [0.1, 0.15) is 23.7 Å². The second-order valence-electron chi connectivity index (χ2n) is 5.81. The summed E-state index contributed by atoms with van der Waals surface area (Å²) >= 11 is 0. The van der Waals surface area contributed by atoms with Gasteiger partial charge in [0.25, 0.3) is 5.91 Å². The molecule has 0 aromatic heterocycles. The van der Waals surface area contributed by atoms with E-state index in [1.165, 1.54) is 13.0 Å². The fourth-order valence-corrected chi connectivity index (χ4v) is 3.56. The van der Waals surface area contributed by atoms with Crippen molar-refractivity contribution in [3.05, 3.63) is 60.2 Å².